The van der Waals surface area contributed by atoms with E-state index in [1.165, 1.54) is 16.8 Å². The third-order valence-corrected chi connectivity index (χ3v) is 10.8. The topological polar surface area (TPSA) is 49.9 Å². The first-order valence-electron chi connectivity index (χ1n) is 17.1. The van der Waals surface area contributed by atoms with E-state index in [-0.39, 0.29) is 0 Å². The number of nitrogens with one attached hydrogen (secondary N) is 1. The number of benzene rings is 4. The van der Waals surface area contributed by atoms with Crippen LogP contribution in [0.1, 0.15) is 54.8 Å². The van der Waals surface area contributed by atoms with E-state index in [0.29, 0.717) is 13.2 Å². The van der Waals surface area contributed by atoms with Crippen molar-refractivity contribution in [2.45, 2.75) is 46.1 Å². The highest BCUT2D eigenvalue weighted by atomic mass is 32.1. The van der Waals surface area contributed by atoms with Crippen LogP contribution < -0.4 is 19.9 Å². The Morgan fingerprint density at radius 1 is 0.787 bits per heavy atom. The smallest absolute Gasteiger partial charge is 0.195 e. The lowest BCUT2D eigenvalue weighted by Gasteiger charge is -2.39. The minimum Gasteiger partial charge on any atom is -0.471 e. The lowest BCUT2D eigenvalue weighted by atomic mass is 9.80. The second kappa shape index (κ2) is 13.4. The van der Waals surface area contributed by atoms with E-state index < -0.39 is 5.60 Å². The standard InChI is InChI=1S/C40H44N4O2S/c1-5-28-13-9-11-15-34(28)41-35-22-19-31(27-29(35)6-2)40(30-17-20-32(21-18-30)43(7-3)8-4)38-37(33-14-10-12-16-36(33)46-40)42-39(47-38)44-23-25-45-26-24-44/h9-22,27,41H,5-8,23-26H2,1-4H3. The molecule has 47 heavy (non-hydrogen) atoms. The third-order valence-electron chi connectivity index (χ3n) is 9.59. The number of morpholine rings is 1. The van der Waals surface area contributed by atoms with Gasteiger partial charge in [-0.3, -0.25) is 0 Å². The van der Waals surface area contributed by atoms with Crippen LogP contribution in [0.25, 0.3) is 11.3 Å². The van der Waals surface area contributed by atoms with Crippen molar-refractivity contribution in [1.82, 2.24) is 4.98 Å². The zero-order valence-corrected chi connectivity index (χ0v) is 28.7. The first-order chi connectivity index (χ1) is 23.1. The molecule has 0 bridgehead atoms. The lowest BCUT2D eigenvalue weighted by Crippen LogP contribution is -2.38. The summed E-state index contributed by atoms with van der Waals surface area (Å²) in [7, 11) is 0. The summed E-state index contributed by atoms with van der Waals surface area (Å²) in [5, 5.41) is 4.79. The van der Waals surface area contributed by atoms with Gasteiger partial charge < -0.3 is 24.6 Å². The van der Waals surface area contributed by atoms with Crippen molar-refractivity contribution in [2.24, 2.45) is 0 Å². The SMILES string of the molecule is CCc1ccccc1Nc1ccc(C2(c3ccc(N(CC)CC)cc3)Oc3ccccc3-c3nc(N4CCOCC4)sc32)cc1CC. The molecule has 0 radical (unpaired) electrons. The van der Waals surface area contributed by atoms with Crippen molar-refractivity contribution in [3.05, 3.63) is 118 Å². The van der Waals surface area contributed by atoms with E-state index in [1.807, 2.05) is 0 Å². The van der Waals surface area contributed by atoms with Gasteiger partial charge in [0, 0.05) is 59.9 Å². The summed E-state index contributed by atoms with van der Waals surface area (Å²) in [4.78, 5) is 11.2. The fraction of sp³-hybridized carbons (Fsp3) is 0.325. The van der Waals surface area contributed by atoms with Crippen molar-refractivity contribution in [2.75, 3.05) is 54.5 Å². The van der Waals surface area contributed by atoms with E-state index in [0.717, 1.165) is 88.5 Å². The van der Waals surface area contributed by atoms with Gasteiger partial charge in [0.15, 0.2) is 10.7 Å². The van der Waals surface area contributed by atoms with Crippen LogP contribution in [0.2, 0.25) is 0 Å². The van der Waals surface area contributed by atoms with Crippen molar-refractivity contribution < 1.29 is 9.47 Å². The minimum absolute atomic E-state index is 0.713. The molecular weight excluding hydrogens is 601 g/mol. The van der Waals surface area contributed by atoms with Gasteiger partial charge in [0.2, 0.25) is 0 Å². The normalized spacial score (nSPS) is 17.1. The molecule has 242 valence electrons. The molecule has 7 rings (SSSR count). The number of para-hydroxylation sites is 2. The average Bonchev–Trinajstić information content (AvgIpc) is 3.59. The van der Waals surface area contributed by atoms with Gasteiger partial charge in [-0.05, 0) is 80.3 Å². The predicted octanol–water partition coefficient (Wildman–Crippen LogP) is 9.05. The molecule has 0 spiro atoms. The third kappa shape index (κ3) is 5.66. The van der Waals surface area contributed by atoms with Crippen LogP contribution in [0.3, 0.4) is 0 Å². The summed E-state index contributed by atoms with van der Waals surface area (Å²) in [6, 6.07) is 32.8. The molecular formula is C40H44N4O2S. The second-order valence-corrected chi connectivity index (χ2v) is 13.1. The fourth-order valence-corrected chi connectivity index (χ4v) is 8.25. The number of thiazole rings is 1. The number of rotatable bonds is 10. The van der Waals surface area contributed by atoms with Gasteiger partial charge in [-0.2, -0.15) is 0 Å². The van der Waals surface area contributed by atoms with Gasteiger partial charge in [-0.25, -0.2) is 4.98 Å². The number of ether oxygens (including phenoxy) is 2. The molecule has 4 aromatic carbocycles. The Morgan fingerprint density at radius 2 is 1.47 bits per heavy atom. The van der Waals surface area contributed by atoms with Crippen molar-refractivity contribution in [3.63, 3.8) is 0 Å². The molecule has 1 aromatic heterocycles. The number of aryl methyl sites for hydroxylation is 2. The van der Waals surface area contributed by atoms with Crippen molar-refractivity contribution in [1.29, 1.82) is 0 Å². The predicted molar refractivity (Wildman–Crippen MR) is 196 cm³/mol. The molecule has 2 aliphatic heterocycles. The Morgan fingerprint density at radius 3 is 2.21 bits per heavy atom. The molecule has 0 amide bonds. The Balaban J connectivity index is 1.43. The van der Waals surface area contributed by atoms with E-state index in [2.05, 4.69) is 134 Å². The molecule has 0 saturated carbocycles. The van der Waals surface area contributed by atoms with Crippen molar-refractivity contribution >= 4 is 33.5 Å². The van der Waals surface area contributed by atoms with Gasteiger partial charge in [-0.1, -0.05) is 73.7 Å². The van der Waals surface area contributed by atoms with Gasteiger partial charge in [0.05, 0.1) is 23.8 Å². The first-order valence-corrected chi connectivity index (χ1v) is 17.9. The maximum atomic E-state index is 7.36. The molecule has 1 saturated heterocycles. The molecule has 0 aliphatic carbocycles. The fourth-order valence-electron chi connectivity index (χ4n) is 6.95. The zero-order valence-electron chi connectivity index (χ0n) is 27.9. The molecule has 1 N–H and O–H groups in total. The molecule has 7 heteroatoms. The number of hydrogen-bond donors (Lipinski definition) is 1. The quantitative estimate of drug-likeness (QED) is 0.164. The van der Waals surface area contributed by atoms with E-state index in [4.69, 9.17) is 14.5 Å². The van der Waals surface area contributed by atoms with Gasteiger partial charge in [-0.15, -0.1) is 0 Å². The highest BCUT2D eigenvalue weighted by Crippen LogP contribution is 2.55. The summed E-state index contributed by atoms with van der Waals surface area (Å²) in [6.07, 6.45) is 1.86. The molecule has 6 nitrogen and oxygen atoms in total. The summed E-state index contributed by atoms with van der Waals surface area (Å²) < 4.78 is 13.1. The molecule has 5 aromatic rings. The Kier molecular flexibility index (Phi) is 8.93. The number of nitrogens with zero attached hydrogens (tertiary/aromatic N) is 3. The maximum Gasteiger partial charge on any atom is 0.195 e. The number of aromatic nitrogens is 1. The molecule has 3 heterocycles. The maximum absolute atomic E-state index is 7.36. The summed E-state index contributed by atoms with van der Waals surface area (Å²) in [6.45, 7) is 13.9. The Labute approximate surface area is 283 Å². The van der Waals surface area contributed by atoms with Crippen LogP contribution in [0.5, 0.6) is 5.75 Å². The van der Waals surface area contributed by atoms with E-state index >= 15 is 0 Å². The van der Waals surface area contributed by atoms with Crippen LogP contribution in [0.15, 0.2) is 91.0 Å². The summed E-state index contributed by atoms with van der Waals surface area (Å²) >= 11 is 1.76. The van der Waals surface area contributed by atoms with Crippen LogP contribution >= 0.6 is 11.3 Å². The lowest BCUT2D eigenvalue weighted by molar-refractivity contribution is 0.122. The molecule has 2 aliphatic rings. The van der Waals surface area contributed by atoms with E-state index in [9.17, 15) is 0 Å². The van der Waals surface area contributed by atoms with Crippen molar-refractivity contribution in [3.8, 4) is 17.0 Å². The van der Waals surface area contributed by atoms with Gasteiger partial charge in [0.1, 0.15) is 5.75 Å². The monoisotopic (exact) mass is 644 g/mol. The van der Waals surface area contributed by atoms with Crippen LogP contribution in [-0.4, -0.2) is 44.4 Å². The highest BCUT2D eigenvalue weighted by molar-refractivity contribution is 7.16. The molecule has 1 unspecified atom stereocenters. The highest BCUT2D eigenvalue weighted by Gasteiger charge is 2.47. The van der Waals surface area contributed by atoms with E-state index in [1.54, 1.807) is 11.3 Å². The molecule has 1 fully saturated rings. The molecule has 1 atom stereocenters. The van der Waals surface area contributed by atoms with Crippen LogP contribution in [0.4, 0.5) is 22.2 Å². The van der Waals surface area contributed by atoms with Gasteiger partial charge in [0.25, 0.3) is 0 Å². The largest absolute Gasteiger partial charge is 0.471 e. The Bertz CT molecular complexity index is 1840. The average molecular weight is 645 g/mol. The van der Waals surface area contributed by atoms with Crippen LogP contribution in [0, 0.1) is 0 Å². The summed E-state index contributed by atoms with van der Waals surface area (Å²) in [5.74, 6) is 0.851. The second-order valence-electron chi connectivity index (χ2n) is 12.1. The first kappa shape index (κ1) is 31.3. The zero-order chi connectivity index (χ0) is 32.4. The number of hydrogen-bond acceptors (Lipinski definition) is 7. The van der Waals surface area contributed by atoms with Crippen LogP contribution in [-0.2, 0) is 23.2 Å². The number of anilines is 4. The Hall–Kier alpha value is -4.33. The number of fused-ring (bicyclic) bond motifs is 3. The summed E-state index contributed by atoms with van der Waals surface area (Å²) in [5.41, 5.74) is 9.41. The minimum atomic E-state index is -0.878. The van der Waals surface area contributed by atoms with Gasteiger partial charge >= 0.3 is 0 Å².